The van der Waals surface area contributed by atoms with Crippen molar-refractivity contribution in [3.63, 3.8) is 0 Å². The summed E-state index contributed by atoms with van der Waals surface area (Å²) >= 11 is 0. The Hall–Kier alpha value is -2.33. The molecule has 0 heterocycles. The normalized spacial score (nSPS) is 13.3. The van der Waals surface area contributed by atoms with Gasteiger partial charge in [0.1, 0.15) is 5.75 Å². The van der Waals surface area contributed by atoms with Crippen LogP contribution in [0.25, 0.3) is 0 Å². The number of para-hydroxylation sites is 1. The van der Waals surface area contributed by atoms with Gasteiger partial charge >= 0.3 is 6.16 Å². The molecule has 2 aromatic carbocycles. The summed E-state index contributed by atoms with van der Waals surface area (Å²) in [6, 6.07) is 17.9. The van der Waals surface area contributed by atoms with Gasteiger partial charge in [-0.1, -0.05) is 48.5 Å². The largest absolute Gasteiger partial charge is 0.516 e. The summed E-state index contributed by atoms with van der Waals surface area (Å²) in [5.74, 6) is -0.767. The number of carbonyl (C=O) groups excluding carboxylic acids is 1. The summed E-state index contributed by atoms with van der Waals surface area (Å²) in [7, 11) is 1.47. The Bertz CT molecular complexity index is 553. The molecule has 0 amide bonds. The van der Waals surface area contributed by atoms with Crippen LogP contribution < -0.4 is 4.74 Å². The monoisotopic (exact) mass is 272 g/mol. The molecular weight excluding hydrogens is 256 g/mol. The Balaban J connectivity index is 2.08. The molecule has 0 fully saturated rings. The molecule has 0 N–H and O–H groups in total. The maximum atomic E-state index is 11.8. The summed E-state index contributed by atoms with van der Waals surface area (Å²) < 4.78 is 15.7. The summed E-state index contributed by atoms with van der Waals surface area (Å²) in [5.41, 5.74) is 0.729. The number of hydrogen-bond acceptors (Lipinski definition) is 4. The first-order valence-electron chi connectivity index (χ1n) is 6.20. The molecule has 0 saturated carbocycles. The molecular formula is C16H16O4. The van der Waals surface area contributed by atoms with Crippen LogP contribution in [0.5, 0.6) is 5.75 Å². The molecule has 20 heavy (non-hydrogen) atoms. The number of methoxy groups -OCH3 is 1. The molecule has 0 spiro atoms. The second kappa shape index (κ2) is 6.21. The van der Waals surface area contributed by atoms with Crippen molar-refractivity contribution in [3.05, 3.63) is 66.2 Å². The Kier molecular flexibility index (Phi) is 4.38. The van der Waals surface area contributed by atoms with Crippen molar-refractivity contribution in [3.8, 4) is 5.75 Å². The number of benzene rings is 2. The van der Waals surface area contributed by atoms with E-state index in [0.29, 0.717) is 5.75 Å². The van der Waals surface area contributed by atoms with E-state index in [1.165, 1.54) is 7.11 Å². The van der Waals surface area contributed by atoms with E-state index in [0.717, 1.165) is 5.56 Å². The minimum absolute atomic E-state index is 0.420. The van der Waals surface area contributed by atoms with E-state index < -0.39 is 11.9 Å². The van der Waals surface area contributed by atoms with Crippen molar-refractivity contribution in [2.45, 2.75) is 12.7 Å². The maximum absolute atomic E-state index is 11.8. The van der Waals surface area contributed by atoms with Crippen LogP contribution in [-0.2, 0) is 15.3 Å². The predicted molar refractivity (Wildman–Crippen MR) is 74.4 cm³/mol. The van der Waals surface area contributed by atoms with Gasteiger partial charge in [0, 0.05) is 19.6 Å². The van der Waals surface area contributed by atoms with E-state index in [1.807, 2.05) is 36.4 Å². The first-order valence-corrected chi connectivity index (χ1v) is 6.20. The minimum Gasteiger partial charge on any atom is -0.397 e. The van der Waals surface area contributed by atoms with Crippen LogP contribution in [-0.4, -0.2) is 13.3 Å². The quantitative estimate of drug-likeness (QED) is 0.483. The molecule has 0 radical (unpaired) electrons. The van der Waals surface area contributed by atoms with E-state index in [9.17, 15) is 4.79 Å². The zero-order valence-corrected chi connectivity index (χ0v) is 11.4. The van der Waals surface area contributed by atoms with Gasteiger partial charge in [-0.25, -0.2) is 4.79 Å². The highest BCUT2D eigenvalue weighted by molar-refractivity contribution is 5.64. The fourth-order valence-electron chi connectivity index (χ4n) is 1.72. The van der Waals surface area contributed by atoms with Gasteiger partial charge in [0.05, 0.1) is 0 Å². The highest BCUT2D eigenvalue weighted by atomic mass is 16.8. The lowest BCUT2D eigenvalue weighted by molar-refractivity contribution is -0.187. The second-order valence-electron chi connectivity index (χ2n) is 4.28. The van der Waals surface area contributed by atoms with Crippen LogP contribution in [0.3, 0.4) is 0 Å². The van der Waals surface area contributed by atoms with Crippen LogP contribution in [0, 0.1) is 0 Å². The van der Waals surface area contributed by atoms with E-state index in [-0.39, 0.29) is 0 Å². The molecule has 0 aliphatic rings. The van der Waals surface area contributed by atoms with E-state index >= 15 is 0 Å². The number of hydrogen-bond donors (Lipinski definition) is 0. The molecule has 0 aliphatic carbocycles. The third-order valence-electron chi connectivity index (χ3n) is 2.91. The Labute approximate surface area is 117 Å². The molecule has 104 valence electrons. The van der Waals surface area contributed by atoms with Gasteiger partial charge < -0.3 is 14.2 Å². The lowest BCUT2D eigenvalue weighted by atomic mass is 10.1. The van der Waals surface area contributed by atoms with Gasteiger partial charge in [-0.15, -0.1) is 0 Å². The molecule has 4 heteroatoms. The first-order chi connectivity index (χ1) is 9.64. The average Bonchev–Trinajstić information content (AvgIpc) is 2.49. The first kappa shape index (κ1) is 14.1. The van der Waals surface area contributed by atoms with E-state index in [4.69, 9.17) is 14.2 Å². The summed E-state index contributed by atoms with van der Waals surface area (Å²) in [5, 5.41) is 0. The highest BCUT2D eigenvalue weighted by Crippen LogP contribution is 2.26. The van der Waals surface area contributed by atoms with Gasteiger partial charge in [0.15, 0.2) is 0 Å². The Morgan fingerprint density at radius 2 is 1.50 bits per heavy atom. The summed E-state index contributed by atoms with van der Waals surface area (Å²) in [6.07, 6.45) is -0.815. The highest BCUT2D eigenvalue weighted by Gasteiger charge is 2.31. The van der Waals surface area contributed by atoms with Crippen LogP contribution in [0.4, 0.5) is 4.79 Å². The van der Waals surface area contributed by atoms with E-state index in [2.05, 4.69) is 0 Å². The minimum atomic E-state index is -1.19. The fourth-order valence-corrected chi connectivity index (χ4v) is 1.72. The Morgan fingerprint density at radius 3 is 2.05 bits per heavy atom. The predicted octanol–water partition coefficient (Wildman–Crippen LogP) is 3.72. The molecule has 0 aliphatic heterocycles. The topological polar surface area (TPSA) is 44.8 Å². The van der Waals surface area contributed by atoms with Crippen LogP contribution in [0.1, 0.15) is 12.5 Å². The maximum Gasteiger partial charge on any atom is 0.516 e. The average molecular weight is 272 g/mol. The lowest BCUT2D eigenvalue weighted by Gasteiger charge is -2.27. The number of carbonyl (C=O) groups is 1. The SMILES string of the molecule is COC(C)(OC(=O)Oc1ccccc1)c1ccccc1. The Morgan fingerprint density at radius 1 is 0.950 bits per heavy atom. The van der Waals surface area contributed by atoms with Crippen molar-refractivity contribution >= 4 is 6.16 Å². The van der Waals surface area contributed by atoms with Crippen molar-refractivity contribution < 1.29 is 19.0 Å². The van der Waals surface area contributed by atoms with Gasteiger partial charge in [-0.3, -0.25) is 0 Å². The molecule has 2 aromatic rings. The van der Waals surface area contributed by atoms with Crippen LogP contribution >= 0.6 is 0 Å². The van der Waals surface area contributed by atoms with Gasteiger partial charge in [0.25, 0.3) is 0 Å². The van der Waals surface area contributed by atoms with Crippen molar-refractivity contribution in [1.82, 2.24) is 0 Å². The van der Waals surface area contributed by atoms with Crippen molar-refractivity contribution in [1.29, 1.82) is 0 Å². The molecule has 0 bridgehead atoms. The smallest absolute Gasteiger partial charge is 0.397 e. The third-order valence-corrected chi connectivity index (χ3v) is 2.91. The van der Waals surface area contributed by atoms with Gasteiger partial charge in [0.2, 0.25) is 5.79 Å². The molecule has 1 unspecified atom stereocenters. The van der Waals surface area contributed by atoms with Gasteiger partial charge in [-0.05, 0) is 12.1 Å². The molecule has 0 saturated heterocycles. The second-order valence-corrected chi connectivity index (χ2v) is 4.28. The molecule has 2 rings (SSSR count). The summed E-state index contributed by atoms with van der Waals surface area (Å²) in [6.45, 7) is 1.66. The lowest BCUT2D eigenvalue weighted by Crippen LogP contribution is -2.32. The third kappa shape index (κ3) is 3.36. The van der Waals surface area contributed by atoms with Crippen molar-refractivity contribution in [2.75, 3.05) is 7.11 Å². The van der Waals surface area contributed by atoms with Crippen LogP contribution in [0.15, 0.2) is 60.7 Å². The zero-order valence-electron chi connectivity index (χ0n) is 11.4. The fraction of sp³-hybridized carbons (Fsp3) is 0.188. The van der Waals surface area contributed by atoms with E-state index in [1.54, 1.807) is 31.2 Å². The molecule has 0 aromatic heterocycles. The standard InChI is InChI=1S/C16H16O4/c1-16(18-2,13-9-5-3-6-10-13)20-15(17)19-14-11-7-4-8-12-14/h3-12H,1-2H3. The molecule has 1 atom stereocenters. The number of ether oxygens (including phenoxy) is 3. The molecule has 4 nitrogen and oxygen atoms in total. The summed E-state index contributed by atoms with van der Waals surface area (Å²) in [4.78, 5) is 11.8. The van der Waals surface area contributed by atoms with Crippen molar-refractivity contribution in [2.24, 2.45) is 0 Å². The van der Waals surface area contributed by atoms with Crippen LogP contribution in [0.2, 0.25) is 0 Å². The van der Waals surface area contributed by atoms with Gasteiger partial charge in [-0.2, -0.15) is 0 Å². The number of rotatable bonds is 4. The zero-order chi connectivity index (χ0) is 14.4.